The van der Waals surface area contributed by atoms with Gasteiger partial charge in [-0.05, 0) is 37.5 Å². The molecule has 0 N–H and O–H groups in total. The van der Waals surface area contributed by atoms with Crippen LogP contribution in [0.1, 0.15) is 17.7 Å². The van der Waals surface area contributed by atoms with Gasteiger partial charge in [0.25, 0.3) is 0 Å². The van der Waals surface area contributed by atoms with Crippen molar-refractivity contribution in [2.75, 3.05) is 0 Å². The SMILES string of the molecule is C=CCCc1cc(C)c2ccccc2n1. The Labute approximate surface area is 90.5 Å². The molecule has 1 heteroatoms. The molecule has 1 aromatic carbocycles. The smallest absolute Gasteiger partial charge is 0.0707 e. The molecule has 1 heterocycles. The lowest BCUT2D eigenvalue weighted by atomic mass is 10.1. The van der Waals surface area contributed by atoms with Crippen molar-refractivity contribution in [3.63, 3.8) is 0 Å². The molecule has 1 nitrogen and oxygen atoms in total. The second-order valence-electron chi connectivity index (χ2n) is 3.77. The van der Waals surface area contributed by atoms with E-state index in [1.807, 2.05) is 12.1 Å². The molecule has 0 saturated carbocycles. The first kappa shape index (κ1) is 9.91. The van der Waals surface area contributed by atoms with E-state index in [9.17, 15) is 0 Å². The Morgan fingerprint density at radius 1 is 1.33 bits per heavy atom. The first-order chi connectivity index (χ1) is 7.31. The predicted octanol–water partition coefficient (Wildman–Crippen LogP) is 3.66. The van der Waals surface area contributed by atoms with Crippen molar-refractivity contribution < 1.29 is 0 Å². The molecule has 76 valence electrons. The van der Waals surface area contributed by atoms with E-state index in [-0.39, 0.29) is 0 Å². The average Bonchev–Trinajstić information content (AvgIpc) is 2.26. The van der Waals surface area contributed by atoms with E-state index >= 15 is 0 Å². The zero-order valence-corrected chi connectivity index (χ0v) is 9.03. The van der Waals surface area contributed by atoms with Crippen LogP contribution in [0.3, 0.4) is 0 Å². The summed E-state index contributed by atoms with van der Waals surface area (Å²) in [6.45, 7) is 5.87. The number of para-hydroxylation sites is 1. The van der Waals surface area contributed by atoms with E-state index in [0.29, 0.717) is 0 Å². The summed E-state index contributed by atoms with van der Waals surface area (Å²) in [7, 11) is 0. The summed E-state index contributed by atoms with van der Waals surface area (Å²) in [5.74, 6) is 0. The van der Waals surface area contributed by atoms with Crippen molar-refractivity contribution in [3.8, 4) is 0 Å². The second kappa shape index (κ2) is 4.26. The Morgan fingerprint density at radius 3 is 2.93 bits per heavy atom. The van der Waals surface area contributed by atoms with E-state index < -0.39 is 0 Å². The van der Waals surface area contributed by atoms with Gasteiger partial charge in [-0.25, -0.2) is 0 Å². The Bertz CT molecular complexity index is 486. The number of aromatic nitrogens is 1. The van der Waals surface area contributed by atoms with Crippen molar-refractivity contribution in [1.82, 2.24) is 4.98 Å². The Balaban J connectivity index is 2.47. The van der Waals surface area contributed by atoms with Crippen LogP contribution in [0, 0.1) is 6.92 Å². The molecule has 0 aliphatic carbocycles. The minimum atomic E-state index is 0.981. The van der Waals surface area contributed by atoms with Crippen LogP contribution >= 0.6 is 0 Å². The van der Waals surface area contributed by atoms with E-state index in [2.05, 4.69) is 42.8 Å². The third-order valence-corrected chi connectivity index (χ3v) is 2.58. The zero-order valence-electron chi connectivity index (χ0n) is 9.03. The standard InChI is InChI=1S/C14H15N/c1-3-4-7-12-10-11(2)13-8-5-6-9-14(13)15-12/h3,5-6,8-10H,1,4,7H2,2H3. The van der Waals surface area contributed by atoms with E-state index in [1.165, 1.54) is 10.9 Å². The lowest BCUT2D eigenvalue weighted by molar-refractivity contribution is 0.954. The van der Waals surface area contributed by atoms with Gasteiger partial charge in [-0.3, -0.25) is 4.98 Å². The van der Waals surface area contributed by atoms with Crippen LogP contribution in [0.25, 0.3) is 10.9 Å². The largest absolute Gasteiger partial charge is 0.253 e. The van der Waals surface area contributed by atoms with Crippen molar-refractivity contribution in [2.45, 2.75) is 19.8 Å². The predicted molar refractivity (Wildman–Crippen MR) is 65.0 cm³/mol. The fourth-order valence-corrected chi connectivity index (χ4v) is 1.80. The molecule has 0 amide bonds. The lowest BCUT2D eigenvalue weighted by Gasteiger charge is -2.05. The molecule has 2 aromatic rings. The molecule has 0 aliphatic rings. The third-order valence-electron chi connectivity index (χ3n) is 2.58. The molecule has 0 fully saturated rings. The second-order valence-corrected chi connectivity index (χ2v) is 3.77. The van der Waals surface area contributed by atoms with Gasteiger partial charge in [0.1, 0.15) is 0 Å². The molecule has 15 heavy (non-hydrogen) atoms. The van der Waals surface area contributed by atoms with Crippen LogP contribution in [0.2, 0.25) is 0 Å². The maximum Gasteiger partial charge on any atom is 0.0707 e. The van der Waals surface area contributed by atoms with Gasteiger partial charge in [0, 0.05) is 11.1 Å². The monoisotopic (exact) mass is 197 g/mol. The highest BCUT2D eigenvalue weighted by Crippen LogP contribution is 2.17. The molecule has 0 radical (unpaired) electrons. The number of fused-ring (bicyclic) bond motifs is 1. The summed E-state index contributed by atoms with van der Waals surface area (Å²) in [4.78, 5) is 4.63. The average molecular weight is 197 g/mol. The first-order valence-corrected chi connectivity index (χ1v) is 5.27. The molecule has 2 rings (SSSR count). The van der Waals surface area contributed by atoms with Crippen molar-refractivity contribution in [2.24, 2.45) is 0 Å². The highest BCUT2D eigenvalue weighted by atomic mass is 14.7. The van der Waals surface area contributed by atoms with Gasteiger partial charge in [0.2, 0.25) is 0 Å². The van der Waals surface area contributed by atoms with Gasteiger partial charge in [0.15, 0.2) is 0 Å². The fraction of sp³-hybridized carbons (Fsp3) is 0.214. The van der Waals surface area contributed by atoms with E-state index in [4.69, 9.17) is 0 Å². The Morgan fingerprint density at radius 2 is 2.13 bits per heavy atom. The number of pyridine rings is 1. The van der Waals surface area contributed by atoms with Crippen molar-refractivity contribution in [3.05, 3.63) is 54.2 Å². The molecule has 0 aliphatic heterocycles. The molecule has 1 aromatic heterocycles. The summed E-state index contributed by atoms with van der Waals surface area (Å²) in [6.07, 6.45) is 3.91. The molecular weight excluding hydrogens is 182 g/mol. The number of allylic oxidation sites excluding steroid dienone is 1. The van der Waals surface area contributed by atoms with Crippen LogP contribution in [-0.4, -0.2) is 4.98 Å². The number of hydrogen-bond donors (Lipinski definition) is 0. The summed E-state index contributed by atoms with van der Waals surface area (Å²) < 4.78 is 0. The van der Waals surface area contributed by atoms with Crippen molar-refractivity contribution in [1.29, 1.82) is 0 Å². The van der Waals surface area contributed by atoms with Gasteiger partial charge in [0.05, 0.1) is 5.52 Å². The van der Waals surface area contributed by atoms with Crippen LogP contribution in [0.5, 0.6) is 0 Å². The van der Waals surface area contributed by atoms with Crippen LogP contribution in [0.4, 0.5) is 0 Å². The summed E-state index contributed by atoms with van der Waals surface area (Å²) in [5, 5.41) is 1.25. The van der Waals surface area contributed by atoms with Crippen molar-refractivity contribution >= 4 is 10.9 Å². The molecule has 0 atom stereocenters. The maximum absolute atomic E-state index is 4.63. The van der Waals surface area contributed by atoms with Gasteiger partial charge < -0.3 is 0 Å². The quantitative estimate of drug-likeness (QED) is 0.684. The number of nitrogens with zero attached hydrogens (tertiary/aromatic N) is 1. The molecule has 0 bridgehead atoms. The van der Waals surface area contributed by atoms with Gasteiger partial charge in [-0.1, -0.05) is 24.3 Å². The van der Waals surface area contributed by atoms with Gasteiger partial charge in [-0.2, -0.15) is 0 Å². The van der Waals surface area contributed by atoms with E-state index in [0.717, 1.165) is 24.1 Å². The van der Waals surface area contributed by atoms with Crippen LogP contribution in [-0.2, 0) is 6.42 Å². The lowest BCUT2D eigenvalue weighted by Crippen LogP contribution is -1.92. The Kier molecular flexibility index (Phi) is 2.82. The normalized spacial score (nSPS) is 10.5. The van der Waals surface area contributed by atoms with E-state index in [1.54, 1.807) is 0 Å². The topological polar surface area (TPSA) is 12.9 Å². The highest BCUT2D eigenvalue weighted by molar-refractivity contribution is 5.81. The maximum atomic E-state index is 4.63. The number of hydrogen-bond acceptors (Lipinski definition) is 1. The van der Waals surface area contributed by atoms with Crippen LogP contribution in [0.15, 0.2) is 43.0 Å². The summed E-state index contributed by atoms with van der Waals surface area (Å²) in [5.41, 5.74) is 3.56. The molecule has 0 spiro atoms. The summed E-state index contributed by atoms with van der Waals surface area (Å²) >= 11 is 0. The highest BCUT2D eigenvalue weighted by Gasteiger charge is 2.00. The Hall–Kier alpha value is -1.63. The first-order valence-electron chi connectivity index (χ1n) is 5.27. The van der Waals surface area contributed by atoms with Gasteiger partial charge >= 0.3 is 0 Å². The minimum absolute atomic E-state index is 0.981. The number of benzene rings is 1. The zero-order chi connectivity index (χ0) is 10.7. The molecule has 0 saturated heterocycles. The number of aryl methyl sites for hydroxylation is 2. The minimum Gasteiger partial charge on any atom is -0.253 e. The molecular formula is C14H15N. The van der Waals surface area contributed by atoms with Crippen LogP contribution < -0.4 is 0 Å². The third kappa shape index (κ3) is 2.07. The fourth-order valence-electron chi connectivity index (χ4n) is 1.80. The molecule has 0 unspecified atom stereocenters. The summed E-state index contributed by atoms with van der Waals surface area (Å²) in [6, 6.07) is 10.5. The number of rotatable bonds is 3. The van der Waals surface area contributed by atoms with Gasteiger partial charge in [-0.15, -0.1) is 6.58 Å².